The Labute approximate surface area is 451 Å². The molecule has 1 atom stereocenters. The summed E-state index contributed by atoms with van der Waals surface area (Å²) >= 11 is 0. The minimum Gasteiger partial charge on any atom is -0.462 e. The van der Waals surface area contributed by atoms with E-state index in [9.17, 15) is 14.7 Å². The van der Waals surface area contributed by atoms with Gasteiger partial charge >= 0.3 is 11.9 Å². The van der Waals surface area contributed by atoms with Crippen LogP contribution >= 0.6 is 0 Å². The number of esters is 2. The Balaban J connectivity index is 3.34. The minimum atomic E-state index is -0.774. The second kappa shape index (κ2) is 63.7. The van der Waals surface area contributed by atoms with Crippen LogP contribution in [0.15, 0.2) is 24.3 Å². The highest BCUT2D eigenvalue weighted by atomic mass is 16.6. The summed E-state index contributed by atoms with van der Waals surface area (Å²) in [7, 11) is 0. The molecule has 0 bridgehead atoms. The van der Waals surface area contributed by atoms with Crippen LogP contribution in [0.3, 0.4) is 0 Å². The van der Waals surface area contributed by atoms with Crippen molar-refractivity contribution >= 4 is 11.9 Å². The molecule has 0 aromatic rings. The monoisotopic (exact) mass is 1010 g/mol. The molecule has 1 unspecified atom stereocenters. The van der Waals surface area contributed by atoms with Gasteiger partial charge in [0.1, 0.15) is 6.61 Å². The Hall–Kier alpha value is -1.62. The average Bonchev–Trinajstić information content (AvgIpc) is 3.38. The van der Waals surface area contributed by atoms with E-state index in [1.54, 1.807) is 0 Å². The summed E-state index contributed by atoms with van der Waals surface area (Å²) in [6, 6.07) is 0. The fourth-order valence-corrected chi connectivity index (χ4v) is 10.3. The highest BCUT2D eigenvalue weighted by molar-refractivity contribution is 5.70. The number of ether oxygens (including phenoxy) is 2. The normalized spacial score (nSPS) is 12.2. The van der Waals surface area contributed by atoms with Gasteiger partial charge in [-0.25, -0.2) is 0 Å². The van der Waals surface area contributed by atoms with E-state index in [1.165, 1.54) is 302 Å². The Morgan fingerprint density at radius 2 is 0.556 bits per heavy atom. The van der Waals surface area contributed by atoms with E-state index < -0.39 is 6.10 Å². The molecule has 0 rings (SSSR count). The van der Waals surface area contributed by atoms with Gasteiger partial charge in [-0.05, 0) is 44.9 Å². The van der Waals surface area contributed by atoms with E-state index in [2.05, 4.69) is 38.2 Å². The molecule has 0 saturated heterocycles. The van der Waals surface area contributed by atoms with Crippen LogP contribution in [0.25, 0.3) is 0 Å². The number of aliphatic hydroxyl groups excluding tert-OH is 1. The molecule has 0 aliphatic heterocycles. The maximum absolute atomic E-state index is 12.3. The summed E-state index contributed by atoms with van der Waals surface area (Å²) in [5.41, 5.74) is 0. The number of unbranched alkanes of at least 4 members (excludes halogenated alkanes) is 50. The Bertz CT molecular complexity index is 1100. The number of carbonyl (C=O) groups excluding carboxylic acids is 2. The van der Waals surface area contributed by atoms with Crippen molar-refractivity contribution in [3.8, 4) is 0 Å². The van der Waals surface area contributed by atoms with E-state index in [-0.39, 0.29) is 25.2 Å². The summed E-state index contributed by atoms with van der Waals surface area (Å²) in [4.78, 5) is 24.5. The van der Waals surface area contributed by atoms with Gasteiger partial charge in [-0.2, -0.15) is 0 Å². The summed E-state index contributed by atoms with van der Waals surface area (Å²) in [6.07, 6.45) is 82.2. The standard InChI is InChI=1S/C67H128O5/c1-3-5-7-9-11-13-15-17-19-21-23-24-25-26-27-28-29-30-31-32-33-34-35-36-37-38-39-40-41-42-43-44-46-47-49-51-53-55-57-59-61-66(69)71-64-65(63-68)72-67(70)62-60-58-56-54-52-50-48-45-22-20-18-16-14-12-10-8-6-4-2/h14,16,20,22,65,68H,3-13,15,17-19,21,23-64H2,1-2H3/b16-14-,22-20-. The molecule has 0 aromatic heterocycles. The molecule has 1 N–H and O–H groups in total. The third kappa shape index (κ3) is 60.9. The zero-order chi connectivity index (χ0) is 52.0. The molecule has 426 valence electrons. The van der Waals surface area contributed by atoms with Crippen LogP contribution in [0.4, 0.5) is 0 Å². The van der Waals surface area contributed by atoms with E-state index in [0.29, 0.717) is 12.8 Å². The quantitative estimate of drug-likeness (QED) is 0.0373. The lowest BCUT2D eigenvalue weighted by molar-refractivity contribution is -0.161. The van der Waals surface area contributed by atoms with Crippen molar-refractivity contribution in [2.75, 3.05) is 13.2 Å². The molecular formula is C67H128O5. The average molecular weight is 1010 g/mol. The fourth-order valence-electron chi connectivity index (χ4n) is 10.3. The lowest BCUT2D eigenvalue weighted by Gasteiger charge is -2.15. The third-order valence-electron chi connectivity index (χ3n) is 15.2. The first kappa shape index (κ1) is 70.4. The lowest BCUT2D eigenvalue weighted by atomic mass is 10.0. The van der Waals surface area contributed by atoms with Gasteiger partial charge in [0.25, 0.3) is 0 Å². The number of carbonyl (C=O) groups is 2. The number of rotatable bonds is 62. The highest BCUT2D eigenvalue weighted by Gasteiger charge is 2.16. The largest absolute Gasteiger partial charge is 0.462 e. The SMILES string of the molecule is CCCCCC/C=C\C/C=C\CCCCCCCCCC(=O)OC(CO)COC(=O)CCCCCCCCCCCCCCCCCCCCCCCCCCCCCCCCCCCCCCCCCC. The van der Waals surface area contributed by atoms with Gasteiger partial charge in [-0.1, -0.05) is 340 Å². The second-order valence-corrected chi connectivity index (χ2v) is 22.6. The van der Waals surface area contributed by atoms with Crippen molar-refractivity contribution in [3.05, 3.63) is 24.3 Å². The Morgan fingerprint density at radius 3 is 0.833 bits per heavy atom. The number of allylic oxidation sites excluding steroid dienone is 4. The molecular weight excluding hydrogens is 885 g/mol. The van der Waals surface area contributed by atoms with Gasteiger partial charge in [0.05, 0.1) is 6.61 Å². The summed E-state index contributed by atoms with van der Waals surface area (Å²) < 4.78 is 10.7. The van der Waals surface area contributed by atoms with Crippen molar-refractivity contribution in [2.45, 2.75) is 380 Å². The topological polar surface area (TPSA) is 72.8 Å². The molecule has 0 aromatic carbocycles. The summed E-state index contributed by atoms with van der Waals surface area (Å²) in [5.74, 6) is -0.580. The van der Waals surface area contributed by atoms with Gasteiger partial charge in [0, 0.05) is 12.8 Å². The van der Waals surface area contributed by atoms with Gasteiger partial charge < -0.3 is 14.6 Å². The van der Waals surface area contributed by atoms with Crippen molar-refractivity contribution in [3.63, 3.8) is 0 Å². The van der Waals surface area contributed by atoms with E-state index in [4.69, 9.17) is 9.47 Å². The number of hydrogen-bond acceptors (Lipinski definition) is 5. The van der Waals surface area contributed by atoms with Gasteiger partial charge in [0.15, 0.2) is 6.10 Å². The second-order valence-electron chi connectivity index (χ2n) is 22.6. The number of aliphatic hydroxyl groups is 1. The van der Waals surface area contributed by atoms with Gasteiger partial charge in [0.2, 0.25) is 0 Å². The Kier molecular flexibility index (Phi) is 62.2. The first-order chi connectivity index (χ1) is 35.6. The fraction of sp³-hybridized carbons (Fsp3) is 0.910. The molecule has 0 amide bonds. The van der Waals surface area contributed by atoms with Crippen LogP contribution in [0.1, 0.15) is 373 Å². The highest BCUT2D eigenvalue weighted by Crippen LogP contribution is 2.19. The predicted octanol–water partition coefficient (Wildman–Crippen LogP) is 22.4. The third-order valence-corrected chi connectivity index (χ3v) is 15.2. The van der Waals surface area contributed by atoms with Crippen molar-refractivity contribution in [2.24, 2.45) is 0 Å². The number of hydrogen-bond donors (Lipinski definition) is 1. The smallest absolute Gasteiger partial charge is 0.306 e. The molecule has 5 heteroatoms. The lowest BCUT2D eigenvalue weighted by Crippen LogP contribution is -2.28. The van der Waals surface area contributed by atoms with E-state index in [0.717, 1.165) is 44.9 Å². The molecule has 0 saturated carbocycles. The minimum absolute atomic E-state index is 0.0637. The van der Waals surface area contributed by atoms with Crippen molar-refractivity contribution in [1.82, 2.24) is 0 Å². The zero-order valence-electron chi connectivity index (χ0n) is 49.0. The van der Waals surface area contributed by atoms with Crippen LogP contribution in [0, 0.1) is 0 Å². The molecule has 5 nitrogen and oxygen atoms in total. The van der Waals surface area contributed by atoms with Crippen molar-refractivity contribution < 1.29 is 24.2 Å². The molecule has 0 aliphatic carbocycles. The first-order valence-corrected chi connectivity index (χ1v) is 32.9. The first-order valence-electron chi connectivity index (χ1n) is 32.9. The van der Waals surface area contributed by atoms with Crippen LogP contribution in [-0.4, -0.2) is 36.4 Å². The van der Waals surface area contributed by atoms with Crippen LogP contribution in [0.2, 0.25) is 0 Å². The molecule has 0 spiro atoms. The van der Waals surface area contributed by atoms with Crippen molar-refractivity contribution in [1.29, 1.82) is 0 Å². The van der Waals surface area contributed by atoms with Crippen LogP contribution in [0.5, 0.6) is 0 Å². The molecule has 0 aliphatic rings. The Morgan fingerprint density at radius 1 is 0.319 bits per heavy atom. The maximum Gasteiger partial charge on any atom is 0.306 e. The molecule has 0 heterocycles. The summed E-state index contributed by atoms with van der Waals surface area (Å²) in [5, 5.41) is 9.66. The van der Waals surface area contributed by atoms with E-state index >= 15 is 0 Å². The van der Waals surface area contributed by atoms with E-state index in [1.807, 2.05) is 0 Å². The van der Waals surface area contributed by atoms with Crippen LogP contribution < -0.4 is 0 Å². The van der Waals surface area contributed by atoms with Gasteiger partial charge in [-0.3, -0.25) is 9.59 Å². The molecule has 0 fully saturated rings. The predicted molar refractivity (Wildman–Crippen MR) is 316 cm³/mol. The van der Waals surface area contributed by atoms with Crippen LogP contribution in [-0.2, 0) is 19.1 Å². The van der Waals surface area contributed by atoms with Gasteiger partial charge in [-0.15, -0.1) is 0 Å². The molecule has 0 radical (unpaired) electrons. The zero-order valence-corrected chi connectivity index (χ0v) is 49.0. The maximum atomic E-state index is 12.3. The summed E-state index contributed by atoms with van der Waals surface area (Å²) in [6.45, 7) is 4.17. The molecule has 72 heavy (non-hydrogen) atoms.